The molecule has 0 saturated heterocycles. The standard InChI is InChI=1S/C16H24O5/c1-8(2)20-16-12(19-6)7-11(18-5)13-9(3)21-10(4)15(17)14(13)16/h7-10,15,17H,1-6H3/t9-,10+,15+/m1/s1. The average molecular weight is 296 g/mol. The van der Waals surface area contributed by atoms with E-state index in [0.29, 0.717) is 22.8 Å². The van der Waals surface area contributed by atoms with Crippen molar-refractivity contribution in [3.05, 3.63) is 17.2 Å². The van der Waals surface area contributed by atoms with Crippen molar-refractivity contribution < 1.29 is 24.1 Å². The molecule has 0 bridgehead atoms. The van der Waals surface area contributed by atoms with Crippen molar-refractivity contribution in [2.24, 2.45) is 0 Å². The second-order valence-corrected chi connectivity index (χ2v) is 5.53. The summed E-state index contributed by atoms with van der Waals surface area (Å²) >= 11 is 0. The van der Waals surface area contributed by atoms with E-state index < -0.39 is 6.10 Å². The van der Waals surface area contributed by atoms with Crippen molar-refractivity contribution in [2.45, 2.75) is 52.1 Å². The third kappa shape index (κ3) is 2.80. The van der Waals surface area contributed by atoms with E-state index in [1.807, 2.05) is 27.7 Å². The third-order valence-corrected chi connectivity index (χ3v) is 3.65. The van der Waals surface area contributed by atoms with Gasteiger partial charge in [0.05, 0.1) is 32.5 Å². The number of fused-ring (bicyclic) bond motifs is 1. The van der Waals surface area contributed by atoms with Gasteiger partial charge in [-0.25, -0.2) is 0 Å². The minimum absolute atomic E-state index is 0.0305. The number of hydrogen-bond donors (Lipinski definition) is 1. The van der Waals surface area contributed by atoms with Crippen LogP contribution in [0.25, 0.3) is 0 Å². The molecule has 0 aliphatic carbocycles. The largest absolute Gasteiger partial charge is 0.496 e. The highest BCUT2D eigenvalue weighted by atomic mass is 16.5. The molecule has 1 aromatic carbocycles. The van der Waals surface area contributed by atoms with E-state index >= 15 is 0 Å². The molecule has 0 fully saturated rings. The number of ether oxygens (including phenoxy) is 4. The van der Waals surface area contributed by atoms with E-state index in [4.69, 9.17) is 18.9 Å². The molecule has 0 aromatic heterocycles. The molecule has 0 spiro atoms. The molecule has 0 saturated carbocycles. The molecule has 1 aromatic rings. The normalized spacial score (nSPS) is 24.7. The van der Waals surface area contributed by atoms with Crippen molar-refractivity contribution in [1.29, 1.82) is 0 Å². The number of hydrogen-bond acceptors (Lipinski definition) is 5. The highest BCUT2D eigenvalue weighted by Gasteiger charge is 2.37. The van der Waals surface area contributed by atoms with Crippen molar-refractivity contribution in [2.75, 3.05) is 14.2 Å². The number of aliphatic hydroxyl groups is 1. The zero-order chi connectivity index (χ0) is 15.7. The summed E-state index contributed by atoms with van der Waals surface area (Å²) < 4.78 is 22.5. The Hall–Kier alpha value is -1.46. The summed E-state index contributed by atoms with van der Waals surface area (Å²) in [6.45, 7) is 7.66. The van der Waals surface area contributed by atoms with E-state index in [1.165, 1.54) is 0 Å². The van der Waals surface area contributed by atoms with Crippen LogP contribution in [0.15, 0.2) is 6.07 Å². The number of aliphatic hydroxyl groups excluding tert-OH is 1. The maximum atomic E-state index is 10.6. The van der Waals surface area contributed by atoms with E-state index in [-0.39, 0.29) is 18.3 Å². The van der Waals surface area contributed by atoms with Gasteiger partial charge in [-0.2, -0.15) is 0 Å². The molecule has 5 heteroatoms. The summed E-state index contributed by atoms with van der Waals surface area (Å²) in [5.74, 6) is 1.76. The minimum atomic E-state index is -0.783. The van der Waals surface area contributed by atoms with Gasteiger partial charge >= 0.3 is 0 Å². The van der Waals surface area contributed by atoms with Gasteiger partial charge in [0, 0.05) is 17.2 Å². The highest BCUT2D eigenvalue weighted by molar-refractivity contribution is 5.60. The van der Waals surface area contributed by atoms with Gasteiger partial charge in [0.1, 0.15) is 11.9 Å². The molecule has 118 valence electrons. The molecule has 5 nitrogen and oxygen atoms in total. The summed E-state index contributed by atoms with van der Waals surface area (Å²) in [7, 11) is 3.17. The lowest BCUT2D eigenvalue weighted by atomic mass is 9.90. The molecule has 1 aliphatic heterocycles. The zero-order valence-electron chi connectivity index (χ0n) is 13.5. The fourth-order valence-corrected chi connectivity index (χ4v) is 2.74. The molecular formula is C16H24O5. The molecule has 0 unspecified atom stereocenters. The van der Waals surface area contributed by atoms with Gasteiger partial charge in [-0.05, 0) is 27.7 Å². The SMILES string of the molecule is COc1cc(OC)c2c(c1OC(C)C)[C@@H](O)[C@H](C)O[C@@H]2C. The Labute approximate surface area is 125 Å². The van der Waals surface area contributed by atoms with Crippen LogP contribution in [0.5, 0.6) is 17.2 Å². The van der Waals surface area contributed by atoms with Crippen LogP contribution in [0, 0.1) is 0 Å². The number of benzene rings is 1. The van der Waals surface area contributed by atoms with Crippen LogP contribution in [-0.2, 0) is 4.74 Å². The summed E-state index contributed by atoms with van der Waals surface area (Å²) in [6, 6.07) is 1.78. The monoisotopic (exact) mass is 296 g/mol. The Balaban J connectivity index is 2.72. The first-order valence-electron chi connectivity index (χ1n) is 7.19. The van der Waals surface area contributed by atoms with E-state index in [9.17, 15) is 5.11 Å². The summed E-state index contributed by atoms with van der Waals surface area (Å²) in [5.41, 5.74) is 1.52. The number of methoxy groups -OCH3 is 2. The Morgan fingerprint density at radius 3 is 2.24 bits per heavy atom. The van der Waals surface area contributed by atoms with Gasteiger partial charge in [-0.15, -0.1) is 0 Å². The average Bonchev–Trinajstić information content (AvgIpc) is 2.43. The van der Waals surface area contributed by atoms with Gasteiger partial charge < -0.3 is 24.1 Å². The van der Waals surface area contributed by atoms with E-state index in [0.717, 1.165) is 5.56 Å². The molecular weight excluding hydrogens is 272 g/mol. The second-order valence-electron chi connectivity index (χ2n) is 5.53. The number of rotatable bonds is 4. The van der Waals surface area contributed by atoms with Crippen LogP contribution in [0.2, 0.25) is 0 Å². The highest BCUT2D eigenvalue weighted by Crippen LogP contribution is 2.50. The molecule has 3 atom stereocenters. The molecule has 2 rings (SSSR count). The second kappa shape index (κ2) is 6.12. The molecule has 1 aliphatic rings. The van der Waals surface area contributed by atoms with Crippen LogP contribution in [0.4, 0.5) is 0 Å². The molecule has 1 N–H and O–H groups in total. The molecule has 0 radical (unpaired) electrons. The van der Waals surface area contributed by atoms with Crippen molar-refractivity contribution >= 4 is 0 Å². The lowest BCUT2D eigenvalue weighted by Crippen LogP contribution is -2.29. The van der Waals surface area contributed by atoms with Gasteiger partial charge in [0.15, 0.2) is 11.5 Å². The molecule has 0 amide bonds. The van der Waals surface area contributed by atoms with Crippen LogP contribution in [-0.4, -0.2) is 31.5 Å². The predicted molar refractivity (Wildman–Crippen MR) is 79.2 cm³/mol. The molecule has 1 heterocycles. The maximum Gasteiger partial charge on any atom is 0.168 e. The minimum Gasteiger partial charge on any atom is -0.496 e. The fourth-order valence-electron chi connectivity index (χ4n) is 2.74. The lowest BCUT2D eigenvalue weighted by molar-refractivity contribution is -0.0830. The predicted octanol–water partition coefficient (Wildman–Crippen LogP) is 3.00. The van der Waals surface area contributed by atoms with Crippen LogP contribution in [0.3, 0.4) is 0 Å². The Morgan fingerprint density at radius 2 is 1.71 bits per heavy atom. The molecule has 21 heavy (non-hydrogen) atoms. The lowest BCUT2D eigenvalue weighted by Gasteiger charge is -2.35. The van der Waals surface area contributed by atoms with Crippen molar-refractivity contribution in [3.8, 4) is 17.2 Å². The van der Waals surface area contributed by atoms with Crippen LogP contribution in [0.1, 0.15) is 51.0 Å². The first-order chi connectivity index (χ1) is 9.90. The van der Waals surface area contributed by atoms with Crippen LogP contribution >= 0.6 is 0 Å². The smallest absolute Gasteiger partial charge is 0.168 e. The van der Waals surface area contributed by atoms with Crippen LogP contribution < -0.4 is 14.2 Å². The summed E-state index contributed by atoms with van der Waals surface area (Å²) in [6.07, 6.45) is -1.32. The Morgan fingerprint density at radius 1 is 1.10 bits per heavy atom. The first kappa shape index (κ1) is 15.9. The van der Waals surface area contributed by atoms with Gasteiger partial charge in [-0.1, -0.05) is 0 Å². The van der Waals surface area contributed by atoms with Crippen molar-refractivity contribution in [1.82, 2.24) is 0 Å². The Bertz CT molecular complexity index is 512. The van der Waals surface area contributed by atoms with E-state index in [2.05, 4.69) is 0 Å². The third-order valence-electron chi connectivity index (χ3n) is 3.65. The van der Waals surface area contributed by atoms with Gasteiger partial charge in [0.25, 0.3) is 0 Å². The zero-order valence-corrected chi connectivity index (χ0v) is 13.5. The Kier molecular flexibility index (Phi) is 4.64. The summed E-state index contributed by atoms with van der Waals surface area (Å²) in [5, 5.41) is 10.6. The maximum absolute atomic E-state index is 10.6. The summed E-state index contributed by atoms with van der Waals surface area (Å²) in [4.78, 5) is 0. The fraction of sp³-hybridized carbons (Fsp3) is 0.625. The van der Waals surface area contributed by atoms with Crippen molar-refractivity contribution in [3.63, 3.8) is 0 Å². The van der Waals surface area contributed by atoms with E-state index in [1.54, 1.807) is 20.3 Å². The van der Waals surface area contributed by atoms with Gasteiger partial charge in [-0.3, -0.25) is 0 Å². The first-order valence-corrected chi connectivity index (χ1v) is 7.19. The van der Waals surface area contributed by atoms with Gasteiger partial charge in [0.2, 0.25) is 0 Å². The topological polar surface area (TPSA) is 57.2 Å². The quantitative estimate of drug-likeness (QED) is 0.925.